The summed E-state index contributed by atoms with van der Waals surface area (Å²) >= 11 is 3.29. The molecule has 2 aliphatic rings. The Balaban J connectivity index is 1.47. The van der Waals surface area contributed by atoms with E-state index in [2.05, 4.69) is 17.2 Å². The minimum atomic E-state index is -0.381. The van der Waals surface area contributed by atoms with E-state index in [1.807, 2.05) is 29.6 Å². The number of carbonyl (C=O) groups excluding carboxylic acids is 2. The fourth-order valence-corrected chi connectivity index (χ4v) is 5.38. The summed E-state index contributed by atoms with van der Waals surface area (Å²) in [6.07, 6.45) is 3.14. The fourth-order valence-electron chi connectivity index (χ4n) is 3.30. The van der Waals surface area contributed by atoms with Crippen molar-refractivity contribution < 1.29 is 9.59 Å². The van der Waals surface area contributed by atoms with Crippen molar-refractivity contribution in [2.75, 3.05) is 11.1 Å². The Morgan fingerprint density at radius 2 is 2.17 bits per heavy atom. The number of amides is 2. The van der Waals surface area contributed by atoms with Gasteiger partial charge in [-0.1, -0.05) is 0 Å². The van der Waals surface area contributed by atoms with Crippen molar-refractivity contribution in [1.29, 1.82) is 0 Å². The van der Waals surface area contributed by atoms with Crippen molar-refractivity contribution in [2.45, 2.75) is 30.7 Å². The molecule has 2 atom stereocenters. The summed E-state index contributed by atoms with van der Waals surface area (Å²) in [4.78, 5) is 30.6. The van der Waals surface area contributed by atoms with Crippen LogP contribution in [-0.2, 0) is 9.59 Å². The molecule has 2 aromatic rings. The molecule has 0 bridgehead atoms. The van der Waals surface area contributed by atoms with Crippen molar-refractivity contribution in [3.8, 4) is 10.6 Å². The van der Waals surface area contributed by atoms with Gasteiger partial charge in [0.25, 0.3) is 0 Å². The van der Waals surface area contributed by atoms with Gasteiger partial charge in [-0.05, 0) is 37.6 Å². The highest BCUT2D eigenvalue weighted by Gasteiger charge is 2.52. The van der Waals surface area contributed by atoms with Gasteiger partial charge < -0.3 is 10.2 Å². The molecule has 5 nitrogen and oxygen atoms in total. The lowest BCUT2D eigenvalue weighted by atomic mass is 10.2. The number of fused-ring (bicyclic) bond motifs is 1. The third-order valence-corrected chi connectivity index (χ3v) is 6.91. The normalized spacial score (nSPS) is 25.8. The molecule has 2 amide bonds. The van der Waals surface area contributed by atoms with Crippen LogP contribution in [0.15, 0.2) is 35.8 Å². The van der Waals surface area contributed by atoms with Gasteiger partial charge in [0.1, 0.15) is 11.0 Å². The zero-order valence-corrected chi connectivity index (χ0v) is 14.8. The highest BCUT2D eigenvalue weighted by molar-refractivity contribution is 8.01. The van der Waals surface area contributed by atoms with Gasteiger partial charge in [0, 0.05) is 35.0 Å². The molecule has 1 N–H and O–H groups in total. The van der Waals surface area contributed by atoms with Gasteiger partial charge in [0.15, 0.2) is 0 Å². The van der Waals surface area contributed by atoms with E-state index in [1.54, 1.807) is 34.2 Å². The molecule has 1 aromatic carbocycles. The molecule has 2 saturated heterocycles. The minimum Gasteiger partial charge on any atom is -0.324 e. The zero-order chi connectivity index (χ0) is 16.7. The number of carbonyl (C=O) groups is 2. The van der Waals surface area contributed by atoms with E-state index in [9.17, 15) is 9.59 Å². The van der Waals surface area contributed by atoms with Crippen LogP contribution in [0.3, 0.4) is 0 Å². The van der Waals surface area contributed by atoms with Crippen LogP contribution in [0.5, 0.6) is 0 Å². The summed E-state index contributed by atoms with van der Waals surface area (Å²) < 4.78 is 0. The smallest absolute Gasteiger partial charge is 0.248 e. The summed E-state index contributed by atoms with van der Waals surface area (Å²) in [6, 6.07) is 7.27. The standard InChI is InChI=1S/C17H17N3O2S2/c1-17-7-6-14(21)20(17)13(10-24-17)15(22)19-12-4-2-11(3-5-12)16-18-8-9-23-16/h2-5,8-9,13H,6-7,10H2,1H3,(H,19,22)/t13-,17+/m1/s1. The second-order valence-corrected chi connectivity index (χ2v) is 8.57. The van der Waals surface area contributed by atoms with E-state index >= 15 is 0 Å². The molecule has 7 heteroatoms. The summed E-state index contributed by atoms with van der Waals surface area (Å²) in [7, 11) is 0. The van der Waals surface area contributed by atoms with Crippen LogP contribution in [-0.4, -0.2) is 38.4 Å². The monoisotopic (exact) mass is 359 g/mol. The number of nitrogens with one attached hydrogen (secondary N) is 1. The van der Waals surface area contributed by atoms with Crippen LogP contribution in [0, 0.1) is 0 Å². The Morgan fingerprint density at radius 3 is 2.88 bits per heavy atom. The van der Waals surface area contributed by atoms with Gasteiger partial charge in [-0.15, -0.1) is 23.1 Å². The van der Waals surface area contributed by atoms with Gasteiger partial charge in [-0.25, -0.2) is 4.98 Å². The summed E-state index contributed by atoms with van der Waals surface area (Å²) in [5.41, 5.74) is 1.77. The Morgan fingerprint density at radius 1 is 1.38 bits per heavy atom. The number of thioether (sulfide) groups is 1. The minimum absolute atomic E-state index is 0.0850. The Bertz CT molecular complexity index is 776. The summed E-state index contributed by atoms with van der Waals surface area (Å²) in [6.45, 7) is 2.05. The molecule has 0 saturated carbocycles. The molecule has 1 aromatic heterocycles. The van der Waals surface area contributed by atoms with Crippen molar-refractivity contribution in [1.82, 2.24) is 9.88 Å². The molecule has 0 aliphatic carbocycles. The number of aromatic nitrogens is 1. The molecule has 0 spiro atoms. The molecule has 0 unspecified atom stereocenters. The fraction of sp³-hybridized carbons (Fsp3) is 0.353. The predicted molar refractivity (Wildman–Crippen MR) is 96.9 cm³/mol. The van der Waals surface area contributed by atoms with E-state index in [1.165, 1.54) is 0 Å². The molecule has 4 rings (SSSR count). The third kappa shape index (κ3) is 2.61. The van der Waals surface area contributed by atoms with Gasteiger partial charge in [0.2, 0.25) is 11.8 Å². The second-order valence-electron chi connectivity index (χ2n) is 6.17. The summed E-state index contributed by atoms with van der Waals surface area (Å²) in [5.74, 6) is 0.635. The average Bonchev–Trinajstić information content (AvgIpc) is 3.27. The van der Waals surface area contributed by atoms with Crippen molar-refractivity contribution in [2.24, 2.45) is 0 Å². The van der Waals surface area contributed by atoms with Crippen LogP contribution < -0.4 is 5.32 Å². The van der Waals surface area contributed by atoms with Crippen molar-refractivity contribution in [3.05, 3.63) is 35.8 Å². The second kappa shape index (κ2) is 5.89. The number of hydrogen-bond donors (Lipinski definition) is 1. The van der Waals surface area contributed by atoms with Crippen LogP contribution in [0.25, 0.3) is 10.6 Å². The van der Waals surface area contributed by atoms with Gasteiger partial charge in [-0.3, -0.25) is 9.59 Å². The molecule has 2 fully saturated rings. The molecular formula is C17H17N3O2S2. The van der Waals surface area contributed by atoms with Gasteiger partial charge in [-0.2, -0.15) is 0 Å². The first-order valence-corrected chi connectivity index (χ1v) is 9.70. The van der Waals surface area contributed by atoms with Crippen LogP contribution in [0.2, 0.25) is 0 Å². The maximum atomic E-state index is 12.6. The number of nitrogens with zero attached hydrogens (tertiary/aromatic N) is 2. The van der Waals surface area contributed by atoms with Crippen LogP contribution in [0.1, 0.15) is 19.8 Å². The largest absolute Gasteiger partial charge is 0.324 e. The molecular weight excluding hydrogens is 342 g/mol. The van der Waals surface area contributed by atoms with Crippen molar-refractivity contribution in [3.63, 3.8) is 0 Å². The maximum absolute atomic E-state index is 12.6. The number of hydrogen-bond acceptors (Lipinski definition) is 5. The Hall–Kier alpha value is -1.86. The van der Waals surface area contributed by atoms with Crippen LogP contribution in [0.4, 0.5) is 5.69 Å². The van der Waals surface area contributed by atoms with Gasteiger partial charge in [0.05, 0.1) is 4.87 Å². The number of thiazole rings is 1. The quantitative estimate of drug-likeness (QED) is 0.914. The molecule has 0 radical (unpaired) electrons. The zero-order valence-electron chi connectivity index (χ0n) is 13.2. The molecule has 2 aliphatic heterocycles. The van der Waals surface area contributed by atoms with E-state index in [0.29, 0.717) is 12.2 Å². The lowest BCUT2D eigenvalue weighted by Crippen LogP contribution is -2.48. The van der Waals surface area contributed by atoms with Crippen LogP contribution >= 0.6 is 23.1 Å². The lowest BCUT2D eigenvalue weighted by molar-refractivity contribution is -0.135. The average molecular weight is 359 g/mol. The van der Waals surface area contributed by atoms with E-state index < -0.39 is 0 Å². The predicted octanol–water partition coefficient (Wildman–Crippen LogP) is 3.20. The number of benzene rings is 1. The maximum Gasteiger partial charge on any atom is 0.248 e. The van der Waals surface area contributed by atoms with Crippen molar-refractivity contribution >= 4 is 40.6 Å². The third-order valence-electron chi connectivity index (χ3n) is 4.58. The summed E-state index contributed by atoms with van der Waals surface area (Å²) in [5, 5.41) is 5.84. The first-order chi connectivity index (χ1) is 11.6. The lowest BCUT2D eigenvalue weighted by Gasteiger charge is -2.29. The van der Waals surface area contributed by atoms with Gasteiger partial charge >= 0.3 is 0 Å². The SMILES string of the molecule is C[C@]12CCC(=O)N1[C@@H](C(=O)Nc1ccc(-c3nccs3)cc1)CS2. The van der Waals surface area contributed by atoms with E-state index in [4.69, 9.17) is 0 Å². The molecule has 24 heavy (non-hydrogen) atoms. The Kier molecular flexibility index (Phi) is 3.85. The Labute approximate surface area is 148 Å². The van der Waals surface area contributed by atoms with E-state index in [0.717, 1.165) is 22.7 Å². The highest BCUT2D eigenvalue weighted by atomic mass is 32.2. The first kappa shape index (κ1) is 15.7. The highest BCUT2D eigenvalue weighted by Crippen LogP contribution is 2.47. The number of rotatable bonds is 3. The van der Waals surface area contributed by atoms with E-state index in [-0.39, 0.29) is 22.7 Å². The number of anilines is 1. The molecule has 3 heterocycles. The molecule has 124 valence electrons. The first-order valence-electron chi connectivity index (χ1n) is 7.84. The topological polar surface area (TPSA) is 62.3 Å².